The molecule has 1 N–H and O–H groups in total. The Bertz CT molecular complexity index is 1050. The van der Waals surface area contributed by atoms with Crippen LogP contribution in [0.1, 0.15) is 25.3 Å². The third-order valence-electron chi connectivity index (χ3n) is 4.24. The maximum absolute atomic E-state index is 12.3. The summed E-state index contributed by atoms with van der Waals surface area (Å²) in [6.07, 6.45) is 2.02. The van der Waals surface area contributed by atoms with Gasteiger partial charge < -0.3 is 9.73 Å². The Morgan fingerprint density at radius 3 is 2.96 bits per heavy atom. The van der Waals surface area contributed by atoms with E-state index in [1.165, 1.54) is 0 Å². The van der Waals surface area contributed by atoms with Crippen molar-refractivity contribution in [2.45, 2.75) is 25.9 Å². The first-order valence-electron chi connectivity index (χ1n) is 8.36. The summed E-state index contributed by atoms with van der Waals surface area (Å²) in [6.45, 7) is 2.32. The average Bonchev–Trinajstić information content (AvgIpc) is 3.25. The van der Waals surface area contributed by atoms with Gasteiger partial charge in [-0.3, -0.25) is 9.48 Å². The fraction of sp³-hybridized carbons (Fsp3) is 0.211. The fourth-order valence-electron chi connectivity index (χ4n) is 2.90. The minimum absolute atomic E-state index is 0.0922. The van der Waals surface area contributed by atoms with Crippen molar-refractivity contribution in [2.75, 3.05) is 0 Å². The van der Waals surface area contributed by atoms with E-state index in [9.17, 15) is 4.79 Å². The number of carbonyl (C=O) groups excluding carboxylic acids is 1. The maximum atomic E-state index is 12.3. The number of nitrogens with one attached hydrogen (secondary N) is 1. The fourth-order valence-corrected chi connectivity index (χ4v) is 3.12. The van der Waals surface area contributed by atoms with E-state index < -0.39 is 0 Å². The number of aromatic nitrogens is 3. The Hall–Kier alpha value is -2.86. The molecule has 4 rings (SSSR count). The number of halogens is 1. The van der Waals surface area contributed by atoms with E-state index in [1.54, 1.807) is 10.9 Å². The molecular weight excluding hydrogens is 352 g/mol. The van der Waals surface area contributed by atoms with Gasteiger partial charge in [-0.15, -0.1) is 0 Å². The number of oxazole rings is 1. The number of para-hydroxylation sites is 2. The van der Waals surface area contributed by atoms with Crippen molar-refractivity contribution in [3.63, 3.8) is 0 Å². The van der Waals surface area contributed by atoms with Gasteiger partial charge in [-0.1, -0.05) is 29.8 Å². The van der Waals surface area contributed by atoms with Crippen LogP contribution >= 0.6 is 11.6 Å². The standard InChI is InChI=1S/C19H17ClN4O2/c1-12(19-23-15-6-2-3-8-17(15)26-19)22-18(25)9-10-24-16-7-4-5-14(20)13(16)11-21-24/h2-8,11-12H,9-10H2,1H3,(H,22,25). The van der Waals surface area contributed by atoms with Crippen molar-refractivity contribution in [3.8, 4) is 0 Å². The van der Waals surface area contributed by atoms with Crippen molar-refractivity contribution >= 4 is 39.5 Å². The van der Waals surface area contributed by atoms with Gasteiger partial charge in [-0.2, -0.15) is 5.10 Å². The highest BCUT2D eigenvalue weighted by Crippen LogP contribution is 2.23. The number of rotatable bonds is 5. The van der Waals surface area contributed by atoms with Gasteiger partial charge in [0, 0.05) is 11.8 Å². The summed E-state index contributed by atoms with van der Waals surface area (Å²) >= 11 is 6.15. The second kappa shape index (κ2) is 6.80. The Morgan fingerprint density at radius 1 is 1.27 bits per heavy atom. The number of benzene rings is 2. The third-order valence-corrected chi connectivity index (χ3v) is 4.57. The predicted octanol–water partition coefficient (Wildman–Crippen LogP) is 4.10. The van der Waals surface area contributed by atoms with Gasteiger partial charge in [-0.25, -0.2) is 4.98 Å². The highest BCUT2D eigenvalue weighted by Gasteiger charge is 2.16. The molecule has 0 saturated carbocycles. The molecule has 1 unspecified atom stereocenters. The number of nitrogens with zero attached hydrogens (tertiary/aromatic N) is 3. The molecule has 132 valence electrons. The number of fused-ring (bicyclic) bond motifs is 2. The van der Waals surface area contributed by atoms with Crippen LogP contribution in [0.15, 0.2) is 53.1 Å². The minimum Gasteiger partial charge on any atom is -0.438 e. The predicted molar refractivity (Wildman–Crippen MR) is 99.9 cm³/mol. The zero-order valence-corrected chi connectivity index (χ0v) is 14.9. The molecule has 0 radical (unpaired) electrons. The zero-order chi connectivity index (χ0) is 18.1. The highest BCUT2D eigenvalue weighted by atomic mass is 35.5. The van der Waals surface area contributed by atoms with E-state index in [0.29, 0.717) is 29.5 Å². The van der Waals surface area contributed by atoms with Crippen LogP contribution in [0.3, 0.4) is 0 Å². The molecule has 0 saturated heterocycles. The van der Waals surface area contributed by atoms with Crippen LogP contribution in [-0.4, -0.2) is 20.7 Å². The molecule has 7 heteroatoms. The van der Waals surface area contributed by atoms with Crippen LogP contribution in [0.25, 0.3) is 22.0 Å². The maximum Gasteiger partial charge on any atom is 0.222 e. The lowest BCUT2D eigenvalue weighted by atomic mass is 10.2. The molecule has 6 nitrogen and oxygen atoms in total. The second-order valence-corrected chi connectivity index (χ2v) is 6.51. The van der Waals surface area contributed by atoms with Crippen LogP contribution in [0.5, 0.6) is 0 Å². The molecule has 0 bridgehead atoms. The van der Waals surface area contributed by atoms with Crippen molar-refractivity contribution in [3.05, 3.63) is 59.6 Å². The SMILES string of the molecule is CC(NC(=O)CCn1ncc2c(Cl)cccc21)c1nc2ccccc2o1. The first-order chi connectivity index (χ1) is 12.6. The largest absolute Gasteiger partial charge is 0.438 e. The van der Waals surface area contributed by atoms with Crippen LogP contribution in [0, 0.1) is 0 Å². The summed E-state index contributed by atoms with van der Waals surface area (Å²) in [4.78, 5) is 16.7. The first-order valence-corrected chi connectivity index (χ1v) is 8.74. The van der Waals surface area contributed by atoms with Crippen LogP contribution in [0.2, 0.25) is 5.02 Å². The van der Waals surface area contributed by atoms with Gasteiger partial charge in [0.1, 0.15) is 11.6 Å². The van der Waals surface area contributed by atoms with Gasteiger partial charge in [0.25, 0.3) is 0 Å². The molecule has 2 aromatic carbocycles. The molecular formula is C19H17ClN4O2. The summed E-state index contributed by atoms with van der Waals surface area (Å²) in [6, 6.07) is 12.9. The number of amides is 1. The lowest BCUT2D eigenvalue weighted by Crippen LogP contribution is -2.27. The Kier molecular flexibility index (Phi) is 4.34. The van der Waals surface area contributed by atoms with E-state index in [-0.39, 0.29) is 11.9 Å². The average molecular weight is 369 g/mol. The number of aryl methyl sites for hydroxylation is 1. The van der Waals surface area contributed by atoms with Crippen LogP contribution in [-0.2, 0) is 11.3 Å². The lowest BCUT2D eigenvalue weighted by Gasteiger charge is -2.10. The molecule has 0 aliphatic carbocycles. The van der Waals surface area contributed by atoms with E-state index in [0.717, 1.165) is 16.4 Å². The molecule has 26 heavy (non-hydrogen) atoms. The van der Waals surface area contributed by atoms with Crippen molar-refractivity contribution in [2.24, 2.45) is 0 Å². The molecule has 0 fully saturated rings. The summed E-state index contributed by atoms with van der Waals surface area (Å²) in [5.74, 6) is 0.404. The van der Waals surface area contributed by atoms with Crippen LogP contribution in [0.4, 0.5) is 0 Å². The Labute approximate surface area is 154 Å². The molecule has 1 atom stereocenters. The Morgan fingerprint density at radius 2 is 2.12 bits per heavy atom. The number of hydrogen-bond acceptors (Lipinski definition) is 4. The smallest absolute Gasteiger partial charge is 0.222 e. The Balaban J connectivity index is 1.41. The number of hydrogen-bond donors (Lipinski definition) is 1. The van der Waals surface area contributed by atoms with Gasteiger partial charge in [0.2, 0.25) is 11.8 Å². The summed E-state index contributed by atoms with van der Waals surface area (Å²) in [5.41, 5.74) is 2.41. The van der Waals surface area contributed by atoms with E-state index in [4.69, 9.17) is 16.0 Å². The number of carbonyl (C=O) groups is 1. The second-order valence-electron chi connectivity index (χ2n) is 6.10. The zero-order valence-electron chi connectivity index (χ0n) is 14.1. The monoisotopic (exact) mass is 368 g/mol. The molecule has 2 aromatic heterocycles. The van der Waals surface area contributed by atoms with Crippen LogP contribution < -0.4 is 5.32 Å². The summed E-state index contributed by atoms with van der Waals surface area (Å²) in [7, 11) is 0. The van der Waals surface area contributed by atoms with E-state index >= 15 is 0 Å². The lowest BCUT2D eigenvalue weighted by molar-refractivity contribution is -0.122. The molecule has 0 spiro atoms. The van der Waals surface area contributed by atoms with E-state index in [2.05, 4.69) is 15.4 Å². The van der Waals surface area contributed by atoms with Gasteiger partial charge in [0.05, 0.1) is 23.3 Å². The van der Waals surface area contributed by atoms with Crippen molar-refractivity contribution in [1.29, 1.82) is 0 Å². The van der Waals surface area contributed by atoms with E-state index in [1.807, 2.05) is 49.4 Å². The third kappa shape index (κ3) is 3.15. The summed E-state index contributed by atoms with van der Waals surface area (Å²) in [5, 5.41) is 8.77. The molecule has 4 aromatic rings. The van der Waals surface area contributed by atoms with Crippen molar-refractivity contribution < 1.29 is 9.21 Å². The normalized spacial score (nSPS) is 12.5. The highest BCUT2D eigenvalue weighted by molar-refractivity contribution is 6.35. The molecule has 0 aliphatic heterocycles. The first kappa shape index (κ1) is 16.6. The summed E-state index contributed by atoms with van der Waals surface area (Å²) < 4.78 is 7.48. The minimum atomic E-state index is -0.307. The molecule has 2 heterocycles. The molecule has 0 aliphatic rings. The topological polar surface area (TPSA) is 73.0 Å². The quantitative estimate of drug-likeness (QED) is 0.575. The van der Waals surface area contributed by atoms with Gasteiger partial charge in [0.15, 0.2) is 5.58 Å². The van der Waals surface area contributed by atoms with Crippen molar-refractivity contribution in [1.82, 2.24) is 20.1 Å². The van der Waals surface area contributed by atoms with Gasteiger partial charge >= 0.3 is 0 Å². The molecule has 1 amide bonds. The van der Waals surface area contributed by atoms with Gasteiger partial charge in [-0.05, 0) is 31.2 Å².